The highest BCUT2D eigenvalue weighted by molar-refractivity contribution is 5.98. The van der Waals surface area contributed by atoms with Gasteiger partial charge in [0.1, 0.15) is 0 Å². The van der Waals surface area contributed by atoms with Crippen LogP contribution in [0.1, 0.15) is 10.4 Å². The molecule has 0 saturated heterocycles. The summed E-state index contributed by atoms with van der Waals surface area (Å²) in [6.45, 7) is 0. The van der Waals surface area contributed by atoms with Gasteiger partial charge in [-0.1, -0.05) is 24.3 Å². The van der Waals surface area contributed by atoms with Gasteiger partial charge < -0.3 is 5.11 Å². The number of nitrogens with one attached hydrogen (secondary N) is 2. The highest BCUT2D eigenvalue weighted by Crippen LogP contribution is 2.21. The first-order chi connectivity index (χ1) is 9.58. The van der Waals surface area contributed by atoms with Crippen LogP contribution in [-0.4, -0.2) is 25.8 Å². The maximum Gasteiger partial charge on any atom is 0.349 e. The van der Waals surface area contributed by atoms with Crippen LogP contribution in [-0.2, 0) is 0 Å². The molecular weight excluding hydrogens is 262 g/mol. The minimum Gasteiger partial charge on any atom is -0.478 e. The molecule has 100 valence electrons. The Bertz CT molecular complexity index is 905. The monoisotopic (exact) mass is 271 g/mol. The first-order valence-electron chi connectivity index (χ1n) is 5.74. The molecule has 0 aliphatic rings. The van der Waals surface area contributed by atoms with E-state index >= 15 is 0 Å². The predicted octanol–water partition coefficient (Wildman–Crippen LogP) is 0.705. The molecule has 7 heteroatoms. The molecule has 3 N–H and O–H groups in total. The molecule has 0 atom stereocenters. The van der Waals surface area contributed by atoms with Gasteiger partial charge in [0.05, 0.1) is 11.3 Å². The van der Waals surface area contributed by atoms with Crippen molar-refractivity contribution in [1.82, 2.24) is 14.8 Å². The van der Waals surface area contributed by atoms with E-state index < -0.39 is 17.3 Å². The van der Waals surface area contributed by atoms with Gasteiger partial charge in [-0.05, 0) is 22.9 Å². The Morgan fingerprint density at radius 3 is 2.10 bits per heavy atom. The molecule has 7 nitrogen and oxygen atoms in total. The van der Waals surface area contributed by atoms with E-state index in [0.717, 1.165) is 9.95 Å². The van der Waals surface area contributed by atoms with E-state index in [1.54, 1.807) is 24.3 Å². The first-order valence-corrected chi connectivity index (χ1v) is 5.74. The highest BCUT2D eigenvalue weighted by Gasteiger charge is 2.16. The van der Waals surface area contributed by atoms with Crippen LogP contribution < -0.4 is 11.4 Å². The predicted molar refractivity (Wildman–Crippen MR) is 71.5 cm³/mol. The second-order valence-electron chi connectivity index (χ2n) is 4.22. The van der Waals surface area contributed by atoms with Crippen molar-refractivity contribution in [2.45, 2.75) is 0 Å². The van der Waals surface area contributed by atoms with E-state index in [1.165, 1.54) is 12.1 Å². The molecule has 1 heterocycles. The molecule has 0 unspecified atom stereocenters. The van der Waals surface area contributed by atoms with Crippen molar-refractivity contribution in [1.29, 1.82) is 0 Å². The van der Waals surface area contributed by atoms with Crippen molar-refractivity contribution in [2.75, 3.05) is 0 Å². The van der Waals surface area contributed by atoms with Crippen molar-refractivity contribution in [2.24, 2.45) is 0 Å². The van der Waals surface area contributed by atoms with Gasteiger partial charge in [0.25, 0.3) is 0 Å². The number of hydrogen-bond donors (Lipinski definition) is 3. The van der Waals surface area contributed by atoms with Crippen molar-refractivity contribution >= 4 is 16.7 Å². The minimum absolute atomic E-state index is 0.0312. The molecule has 1 aromatic heterocycles. The standard InChI is InChI=1S/C13H9N3O4/c17-11(18)9-5-7-3-1-2-4-8(7)6-10(9)16-12(19)14-15-13(16)20/h1-6H,(H,14,19)(H,15,20)(H,17,18). The second-order valence-corrected chi connectivity index (χ2v) is 4.22. The second kappa shape index (κ2) is 4.23. The molecule has 20 heavy (non-hydrogen) atoms. The van der Waals surface area contributed by atoms with Crippen LogP contribution in [0.3, 0.4) is 0 Å². The Hall–Kier alpha value is -3.09. The molecule has 0 spiro atoms. The van der Waals surface area contributed by atoms with Crippen LogP contribution in [0.4, 0.5) is 0 Å². The number of H-pyrrole nitrogens is 2. The number of nitrogens with zero attached hydrogens (tertiary/aromatic N) is 1. The van der Waals surface area contributed by atoms with E-state index in [9.17, 15) is 19.5 Å². The number of carboxylic acids is 1. The molecule has 0 fully saturated rings. The number of benzene rings is 2. The third kappa shape index (κ3) is 1.72. The summed E-state index contributed by atoms with van der Waals surface area (Å²) < 4.78 is 0.760. The number of aromatic carboxylic acids is 1. The van der Waals surface area contributed by atoms with Gasteiger partial charge >= 0.3 is 17.3 Å². The van der Waals surface area contributed by atoms with E-state index in [-0.39, 0.29) is 11.3 Å². The first kappa shape index (κ1) is 12.0. The van der Waals surface area contributed by atoms with E-state index in [0.29, 0.717) is 5.39 Å². The zero-order valence-corrected chi connectivity index (χ0v) is 10.1. The summed E-state index contributed by atoms with van der Waals surface area (Å²) >= 11 is 0. The Balaban J connectivity index is 2.45. The Morgan fingerprint density at radius 2 is 1.55 bits per heavy atom. The molecule has 3 rings (SSSR count). The summed E-state index contributed by atoms with van der Waals surface area (Å²) in [7, 11) is 0. The number of carbonyl (C=O) groups is 1. The lowest BCUT2D eigenvalue weighted by Crippen LogP contribution is -2.26. The lowest BCUT2D eigenvalue weighted by Gasteiger charge is -2.07. The van der Waals surface area contributed by atoms with Crippen LogP contribution in [0.25, 0.3) is 16.5 Å². The Kier molecular flexibility index (Phi) is 2.53. The zero-order chi connectivity index (χ0) is 14.3. The highest BCUT2D eigenvalue weighted by atomic mass is 16.4. The smallest absolute Gasteiger partial charge is 0.349 e. The molecular formula is C13H9N3O4. The van der Waals surface area contributed by atoms with Crippen molar-refractivity contribution < 1.29 is 9.90 Å². The number of aromatic amines is 2. The number of rotatable bonds is 2. The summed E-state index contributed by atoms with van der Waals surface area (Å²) in [5.41, 5.74) is -1.51. The normalized spacial score (nSPS) is 10.8. The molecule has 2 aromatic carbocycles. The maximum atomic E-state index is 11.6. The van der Waals surface area contributed by atoms with Crippen LogP contribution in [0.15, 0.2) is 46.0 Å². The largest absolute Gasteiger partial charge is 0.478 e. The van der Waals surface area contributed by atoms with Gasteiger partial charge in [0.15, 0.2) is 0 Å². The van der Waals surface area contributed by atoms with E-state index in [4.69, 9.17) is 0 Å². The number of carboxylic acid groups (broad SMARTS) is 1. The molecule has 0 saturated carbocycles. The quantitative estimate of drug-likeness (QED) is 0.637. The lowest BCUT2D eigenvalue weighted by atomic mass is 10.0. The van der Waals surface area contributed by atoms with Crippen molar-refractivity contribution in [3.63, 3.8) is 0 Å². The summed E-state index contributed by atoms with van der Waals surface area (Å²) in [6, 6.07) is 10.0. The van der Waals surface area contributed by atoms with Crippen LogP contribution in [0.5, 0.6) is 0 Å². The van der Waals surface area contributed by atoms with Crippen molar-refractivity contribution in [3.05, 3.63) is 62.9 Å². The number of fused-ring (bicyclic) bond motifs is 1. The number of aromatic nitrogens is 3. The van der Waals surface area contributed by atoms with Gasteiger partial charge in [-0.3, -0.25) is 0 Å². The van der Waals surface area contributed by atoms with E-state index in [1.807, 2.05) is 0 Å². The maximum absolute atomic E-state index is 11.6. The third-order valence-electron chi connectivity index (χ3n) is 3.02. The third-order valence-corrected chi connectivity index (χ3v) is 3.02. The summed E-state index contributed by atoms with van der Waals surface area (Å²) in [5.74, 6) is -1.21. The average molecular weight is 271 g/mol. The lowest BCUT2D eigenvalue weighted by molar-refractivity contribution is 0.0697. The van der Waals surface area contributed by atoms with Gasteiger partial charge in [-0.15, -0.1) is 0 Å². The average Bonchev–Trinajstić information content (AvgIpc) is 2.76. The molecule has 0 aliphatic carbocycles. The van der Waals surface area contributed by atoms with Crippen LogP contribution >= 0.6 is 0 Å². The fourth-order valence-electron chi connectivity index (χ4n) is 2.11. The van der Waals surface area contributed by atoms with Gasteiger partial charge in [-0.25, -0.2) is 29.1 Å². The van der Waals surface area contributed by atoms with Crippen LogP contribution in [0.2, 0.25) is 0 Å². The van der Waals surface area contributed by atoms with Crippen molar-refractivity contribution in [3.8, 4) is 5.69 Å². The Labute approximate surface area is 111 Å². The van der Waals surface area contributed by atoms with Gasteiger partial charge in [-0.2, -0.15) is 0 Å². The van der Waals surface area contributed by atoms with Crippen LogP contribution in [0, 0.1) is 0 Å². The topological polar surface area (TPSA) is 108 Å². The van der Waals surface area contributed by atoms with E-state index in [2.05, 4.69) is 10.2 Å². The summed E-state index contributed by atoms with van der Waals surface area (Å²) in [6.07, 6.45) is 0. The zero-order valence-electron chi connectivity index (χ0n) is 10.1. The summed E-state index contributed by atoms with van der Waals surface area (Å²) in [4.78, 5) is 34.6. The van der Waals surface area contributed by atoms with Gasteiger partial charge in [0.2, 0.25) is 0 Å². The minimum atomic E-state index is -1.21. The SMILES string of the molecule is O=C(O)c1cc2ccccc2cc1-n1c(=O)[nH][nH]c1=O. The molecule has 3 aromatic rings. The van der Waals surface area contributed by atoms with Gasteiger partial charge in [0, 0.05) is 0 Å². The Morgan fingerprint density at radius 1 is 1.00 bits per heavy atom. The fraction of sp³-hybridized carbons (Fsp3) is 0. The fourth-order valence-corrected chi connectivity index (χ4v) is 2.11. The summed E-state index contributed by atoms with van der Waals surface area (Å²) in [5, 5.41) is 15.0. The number of hydrogen-bond acceptors (Lipinski definition) is 3. The molecule has 0 amide bonds. The molecule has 0 aliphatic heterocycles. The molecule has 0 radical (unpaired) electrons. The molecule has 0 bridgehead atoms.